The van der Waals surface area contributed by atoms with Crippen LogP contribution in [0.4, 0.5) is 10.1 Å². The van der Waals surface area contributed by atoms with Crippen LogP contribution in [0.5, 0.6) is 0 Å². The van der Waals surface area contributed by atoms with Crippen LogP contribution >= 0.6 is 15.9 Å². The number of halogens is 2. The summed E-state index contributed by atoms with van der Waals surface area (Å²) < 4.78 is 13.6. The fourth-order valence-electron chi connectivity index (χ4n) is 1.00. The maximum Gasteiger partial charge on any atom is 0.255 e. The highest BCUT2D eigenvalue weighted by Crippen LogP contribution is 2.23. The summed E-state index contributed by atoms with van der Waals surface area (Å²) in [6.45, 7) is 0. The number of nitrogens with zero attached hydrogens (tertiary/aromatic N) is 1. The molecule has 0 aromatic heterocycles. The third kappa shape index (κ3) is 2.04. The first-order valence-electron chi connectivity index (χ1n) is 3.89. The number of rotatable bonds is 1. The highest BCUT2D eigenvalue weighted by atomic mass is 79.9. The molecule has 14 heavy (non-hydrogen) atoms. The van der Waals surface area contributed by atoms with E-state index in [9.17, 15) is 9.18 Å². The van der Waals surface area contributed by atoms with Gasteiger partial charge in [0.05, 0.1) is 11.3 Å². The Morgan fingerprint density at radius 1 is 1.50 bits per heavy atom. The zero-order chi connectivity index (χ0) is 10.9. The number of hydrogen-bond acceptors (Lipinski definition) is 2. The van der Waals surface area contributed by atoms with Gasteiger partial charge in [-0.15, -0.1) is 0 Å². The molecule has 1 rings (SSSR count). The standard InChI is InChI=1S/C9H10BrFN2O/c1-13(2)9(14)6-3-5(10)4-7(11)8(6)12/h3-4H,12H2,1-2H3. The Balaban J connectivity index is 3.27. The molecule has 1 aromatic rings. The van der Waals surface area contributed by atoms with E-state index >= 15 is 0 Å². The largest absolute Gasteiger partial charge is 0.396 e. The summed E-state index contributed by atoms with van der Waals surface area (Å²) >= 11 is 3.10. The zero-order valence-corrected chi connectivity index (χ0v) is 9.43. The Hall–Kier alpha value is -1.10. The van der Waals surface area contributed by atoms with Gasteiger partial charge in [0.1, 0.15) is 5.82 Å². The topological polar surface area (TPSA) is 46.3 Å². The fourth-order valence-corrected chi connectivity index (χ4v) is 1.43. The normalized spacial score (nSPS) is 10.0. The predicted molar refractivity (Wildman–Crippen MR) is 56.5 cm³/mol. The average Bonchev–Trinajstić information content (AvgIpc) is 2.09. The fraction of sp³-hybridized carbons (Fsp3) is 0.222. The molecule has 0 unspecified atom stereocenters. The van der Waals surface area contributed by atoms with Gasteiger partial charge in [0.2, 0.25) is 0 Å². The molecule has 3 nitrogen and oxygen atoms in total. The van der Waals surface area contributed by atoms with Crippen LogP contribution in [0.1, 0.15) is 10.4 Å². The minimum Gasteiger partial charge on any atom is -0.396 e. The third-order valence-corrected chi connectivity index (χ3v) is 2.19. The highest BCUT2D eigenvalue weighted by molar-refractivity contribution is 9.10. The second kappa shape index (κ2) is 3.96. The number of nitrogens with two attached hydrogens (primary N) is 1. The molecule has 5 heteroatoms. The molecule has 0 saturated carbocycles. The van der Waals surface area contributed by atoms with Crippen LogP contribution in [0.25, 0.3) is 0 Å². The van der Waals surface area contributed by atoms with Crippen molar-refractivity contribution in [3.63, 3.8) is 0 Å². The smallest absolute Gasteiger partial charge is 0.255 e. The molecule has 1 amide bonds. The summed E-state index contributed by atoms with van der Waals surface area (Å²) in [6.07, 6.45) is 0. The molecule has 0 radical (unpaired) electrons. The van der Waals surface area contributed by atoms with Crippen molar-refractivity contribution >= 4 is 27.5 Å². The summed E-state index contributed by atoms with van der Waals surface area (Å²) in [7, 11) is 3.17. The lowest BCUT2D eigenvalue weighted by molar-refractivity contribution is 0.0828. The van der Waals surface area contributed by atoms with Crippen LogP contribution in [0, 0.1) is 5.82 Å². The van der Waals surface area contributed by atoms with E-state index < -0.39 is 5.82 Å². The van der Waals surface area contributed by atoms with Crippen LogP contribution in [0.3, 0.4) is 0 Å². The Morgan fingerprint density at radius 2 is 2.07 bits per heavy atom. The van der Waals surface area contributed by atoms with Crippen molar-refractivity contribution in [1.82, 2.24) is 4.90 Å². The molecule has 2 N–H and O–H groups in total. The van der Waals surface area contributed by atoms with Gasteiger partial charge in [-0.3, -0.25) is 4.79 Å². The van der Waals surface area contributed by atoms with Crippen molar-refractivity contribution in [2.24, 2.45) is 0 Å². The van der Waals surface area contributed by atoms with Gasteiger partial charge in [0.25, 0.3) is 5.91 Å². The van der Waals surface area contributed by atoms with Crippen molar-refractivity contribution in [2.45, 2.75) is 0 Å². The van der Waals surface area contributed by atoms with Gasteiger partial charge >= 0.3 is 0 Å². The Bertz CT molecular complexity index is 379. The summed E-state index contributed by atoms with van der Waals surface area (Å²) in [5.41, 5.74) is 5.50. The molecule has 0 saturated heterocycles. The van der Waals surface area contributed by atoms with Gasteiger partial charge in [-0.05, 0) is 12.1 Å². The Labute approximate surface area is 89.8 Å². The SMILES string of the molecule is CN(C)C(=O)c1cc(Br)cc(F)c1N. The van der Waals surface area contributed by atoms with Gasteiger partial charge < -0.3 is 10.6 Å². The quantitative estimate of drug-likeness (QED) is 0.784. The number of nitrogen functional groups attached to an aromatic ring is 1. The summed E-state index contributed by atoms with van der Waals surface area (Å²) in [5, 5.41) is 0. The van der Waals surface area contributed by atoms with E-state index in [-0.39, 0.29) is 17.2 Å². The van der Waals surface area contributed by atoms with Crippen molar-refractivity contribution in [1.29, 1.82) is 0 Å². The minimum absolute atomic E-state index is 0.119. The van der Waals surface area contributed by atoms with Gasteiger partial charge in [0, 0.05) is 18.6 Å². The maximum atomic E-state index is 13.1. The lowest BCUT2D eigenvalue weighted by atomic mass is 10.1. The second-order valence-corrected chi connectivity index (χ2v) is 3.96. The summed E-state index contributed by atoms with van der Waals surface area (Å²) in [6, 6.07) is 2.72. The first kappa shape index (κ1) is 11.0. The number of benzene rings is 1. The lowest BCUT2D eigenvalue weighted by Gasteiger charge is -2.12. The van der Waals surface area contributed by atoms with Crippen LogP contribution in [0.2, 0.25) is 0 Å². The van der Waals surface area contributed by atoms with E-state index in [0.717, 1.165) is 0 Å². The number of anilines is 1. The number of carbonyl (C=O) groups is 1. The molecular weight excluding hydrogens is 251 g/mol. The molecule has 0 fully saturated rings. The van der Waals surface area contributed by atoms with E-state index in [1.807, 2.05) is 0 Å². The number of amides is 1. The van der Waals surface area contributed by atoms with Gasteiger partial charge in [-0.2, -0.15) is 0 Å². The van der Waals surface area contributed by atoms with Gasteiger partial charge in [0.15, 0.2) is 0 Å². The third-order valence-electron chi connectivity index (χ3n) is 1.73. The van der Waals surface area contributed by atoms with Crippen molar-refractivity contribution in [2.75, 3.05) is 19.8 Å². The molecule has 0 aliphatic carbocycles. The monoisotopic (exact) mass is 260 g/mol. The highest BCUT2D eigenvalue weighted by Gasteiger charge is 2.15. The maximum absolute atomic E-state index is 13.1. The van der Waals surface area contributed by atoms with Gasteiger partial charge in [-0.25, -0.2) is 4.39 Å². The average molecular weight is 261 g/mol. The Kier molecular flexibility index (Phi) is 3.10. The van der Waals surface area contributed by atoms with Crippen LogP contribution in [0.15, 0.2) is 16.6 Å². The first-order valence-corrected chi connectivity index (χ1v) is 4.69. The first-order chi connectivity index (χ1) is 6.43. The Morgan fingerprint density at radius 3 is 2.57 bits per heavy atom. The van der Waals surface area contributed by atoms with Crippen LogP contribution in [-0.2, 0) is 0 Å². The molecule has 0 spiro atoms. The predicted octanol–water partition coefficient (Wildman–Crippen LogP) is 1.87. The van der Waals surface area contributed by atoms with E-state index in [0.29, 0.717) is 4.47 Å². The summed E-state index contributed by atoms with van der Waals surface area (Å²) in [5.74, 6) is -0.910. The van der Waals surface area contributed by atoms with Crippen molar-refractivity contribution in [3.05, 3.63) is 28.0 Å². The van der Waals surface area contributed by atoms with Crippen LogP contribution < -0.4 is 5.73 Å². The van der Waals surface area contributed by atoms with E-state index in [4.69, 9.17) is 5.73 Å². The molecule has 76 valence electrons. The summed E-state index contributed by atoms with van der Waals surface area (Å²) in [4.78, 5) is 12.9. The molecule has 0 atom stereocenters. The number of hydrogen-bond donors (Lipinski definition) is 1. The van der Waals surface area contributed by atoms with E-state index in [1.165, 1.54) is 17.0 Å². The lowest BCUT2D eigenvalue weighted by Crippen LogP contribution is -2.23. The number of carbonyl (C=O) groups excluding carboxylic acids is 1. The zero-order valence-electron chi connectivity index (χ0n) is 7.84. The minimum atomic E-state index is -0.593. The molecular formula is C9H10BrFN2O. The van der Waals surface area contributed by atoms with E-state index in [1.54, 1.807) is 14.1 Å². The molecule has 0 bridgehead atoms. The molecule has 0 aliphatic rings. The second-order valence-electron chi connectivity index (χ2n) is 3.05. The molecule has 0 heterocycles. The van der Waals surface area contributed by atoms with Crippen molar-refractivity contribution in [3.8, 4) is 0 Å². The van der Waals surface area contributed by atoms with Crippen molar-refractivity contribution < 1.29 is 9.18 Å². The van der Waals surface area contributed by atoms with Gasteiger partial charge in [-0.1, -0.05) is 15.9 Å². The van der Waals surface area contributed by atoms with Crippen LogP contribution in [-0.4, -0.2) is 24.9 Å². The van der Waals surface area contributed by atoms with E-state index in [2.05, 4.69) is 15.9 Å². The molecule has 1 aromatic carbocycles. The molecule has 0 aliphatic heterocycles.